The van der Waals surface area contributed by atoms with Gasteiger partial charge >= 0.3 is 0 Å². The van der Waals surface area contributed by atoms with E-state index in [2.05, 4.69) is 10.2 Å². The van der Waals surface area contributed by atoms with E-state index in [1.165, 1.54) is 0 Å². The van der Waals surface area contributed by atoms with E-state index in [0.29, 0.717) is 26.2 Å². The van der Waals surface area contributed by atoms with Crippen LogP contribution in [0.1, 0.15) is 32.1 Å². The molecule has 33 heavy (non-hydrogen) atoms. The SMILES string of the molecule is COc1ccccc1N1CCN(C(=O)C[C@H]2O[C@H](CNC(=O)C3CCCC3)[C@@H](O)[C@H]2O)CC1. The van der Waals surface area contributed by atoms with Gasteiger partial charge in [0.05, 0.1) is 25.3 Å². The number of rotatable bonds is 7. The minimum absolute atomic E-state index is 0.0000435. The van der Waals surface area contributed by atoms with Gasteiger partial charge in [-0.15, -0.1) is 0 Å². The van der Waals surface area contributed by atoms with Crippen LogP contribution in [0.2, 0.25) is 0 Å². The molecule has 3 N–H and O–H groups in total. The maximum atomic E-state index is 12.9. The standard InChI is InChI=1S/C24H35N3O6/c1-32-18-9-5-4-8-17(18)26-10-12-27(13-11-26)21(28)14-19-22(29)23(30)20(33-19)15-25-24(31)16-6-2-3-7-16/h4-5,8-9,16,19-20,22-23,29-30H,2-3,6-7,10-15H2,1H3,(H,25,31)/t19-,20-,22+,23-/m1/s1. The molecule has 4 rings (SSSR count). The van der Waals surface area contributed by atoms with Gasteiger partial charge in [-0.1, -0.05) is 25.0 Å². The van der Waals surface area contributed by atoms with E-state index >= 15 is 0 Å². The predicted molar refractivity (Wildman–Crippen MR) is 122 cm³/mol. The second-order valence-electron chi connectivity index (χ2n) is 9.16. The fraction of sp³-hybridized carbons (Fsp3) is 0.667. The molecule has 2 heterocycles. The summed E-state index contributed by atoms with van der Waals surface area (Å²) in [5.41, 5.74) is 1.01. The highest BCUT2D eigenvalue weighted by molar-refractivity contribution is 5.79. The molecule has 4 atom stereocenters. The normalized spacial score (nSPS) is 28.2. The van der Waals surface area contributed by atoms with Gasteiger partial charge in [-0.05, 0) is 25.0 Å². The van der Waals surface area contributed by atoms with Crippen LogP contribution in [0.25, 0.3) is 0 Å². The Kier molecular flexibility index (Phi) is 7.72. The van der Waals surface area contributed by atoms with E-state index in [4.69, 9.17) is 9.47 Å². The Morgan fingerprint density at radius 3 is 2.42 bits per heavy atom. The first-order chi connectivity index (χ1) is 16.0. The molecule has 1 saturated carbocycles. The van der Waals surface area contributed by atoms with Gasteiger partial charge < -0.3 is 34.8 Å². The zero-order valence-electron chi connectivity index (χ0n) is 19.2. The maximum absolute atomic E-state index is 12.9. The number of carbonyl (C=O) groups excluding carboxylic acids is 2. The Bertz CT molecular complexity index is 822. The van der Waals surface area contributed by atoms with E-state index in [0.717, 1.165) is 37.1 Å². The van der Waals surface area contributed by atoms with Gasteiger partial charge in [0.25, 0.3) is 0 Å². The van der Waals surface area contributed by atoms with Crippen molar-refractivity contribution in [2.75, 3.05) is 44.7 Å². The summed E-state index contributed by atoms with van der Waals surface area (Å²) in [6.45, 7) is 2.61. The number of nitrogens with zero attached hydrogens (tertiary/aromatic N) is 2. The van der Waals surface area contributed by atoms with E-state index in [-0.39, 0.29) is 30.7 Å². The highest BCUT2D eigenvalue weighted by Gasteiger charge is 2.44. The van der Waals surface area contributed by atoms with Crippen LogP contribution >= 0.6 is 0 Å². The van der Waals surface area contributed by atoms with Crippen molar-refractivity contribution in [1.82, 2.24) is 10.2 Å². The first-order valence-corrected chi connectivity index (χ1v) is 11.9. The zero-order valence-corrected chi connectivity index (χ0v) is 19.2. The largest absolute Gasteiger partial charge is 0.495 e. The monoisotopic (exact) mass is 461 g/mol. The third kappa shape index (κ3) is 5.42. The van der Waals surface area contributed by atoms with Gasteiger partial charge in [0, 0.05) is 38.6 Å². The number of benzene rings is 1. The van der Waals surface area contributed by atoms with Crippen molar-refractivity contribution in [2.45, 2.75) is 56.5 Å². The van der Waals surface area contributed by atoms with Crippen molar-refractivity contribution in [3.63, 3.8) is 0 Å². The molecule has 9 nitrogen and oxygen atoms in total. The van der Waals surface area contributed by atoms with Gasteiger partial charge in [0.15, 0.2) is 0 Å². The second-order valence-corrected chi connectivity index (χ2v) is 9.16. The summed E-state index contributed by atoms with van der Waals surface area (Å²) >= 11 is 0. The number of carbonyl (C=O) groups is 2. The Balaban J connectivity index is 1.25. The predicted octanol–water partition coefficient (Wildman–Crippen LogP) is 0.530. The fourth-order valence-electron chi connectivity index (χ4n) is 5.09. The molecule has 0 unspecified atom stereocenters. The van der Waals surface area contributed by atoms with Crippen molar-refractivity contribution in [2.24, 2.45) is 5.92 Å². The summed E-state index contributed by atoms with van der Waals surface area (Å²) in [5, 5.41) is 23.6. The number of hydrogen-bond donors (Lipinski definition) is 3. The van der Waals surface area contributed by atoms with Crippen molar-refractivity contribution < 1.29 is 29.3 Å². The van der Waals surface area contributed by atoms with Crippen LogP contribution in [0.3, 0.4) is 0 Å². The number of nitrogens with one attached hydrogen (secondary N) is 1. The number of hydrogen-bond acceptors (Lipinski definition) is 7. The molecule has 1 aromatic carbocycles. The average molecular weight is 462 g/mol. The Morgan fingerprint density at radius 2 is 1.73 bits per heavy atom. The summed E-state index contributed by atoms with van der Waals surface area (Å²) < 4.78 is 11.2. The number of methoxy groups -OCH3 is 1. The van der Waals surface area contributed by atoms with E-state index in [1.807, 2.05) is 24.3 Å². The number of ether oxygens (including phenoxy) is 2. The lowest BCUT2D eigenvalue weighted by Crippen LogP contribution is -2.50. The molecule has 2 amide bonds. The average Bonchev–Trinajstić information content (AvgIpc) is 3.48. The quantitative estimate of drug-likeness (QED) is 0.543. The molecule has 1 aliphatic carbocycles. The molecular formula is C24H35N3O6. The number of para-hydroxylation sites is 2. The van der Waals surface area contributed by atoms with Crippen LogP contribution in [0, 0.1) is 5.92 Å². The van der Waals surface area contributed by atoms with E-state index in [9.17, 15) is 19.8 Å². The smallest absolute Gasteiger partial charge is 0.225 e. The van der Waals surface area contributed by atoms with Crippen LogP contribution in [0.15, 0.2) is 24.3 Å². The molecule has 0 aromatic heterocycles. The summed E-state index contributed by atoms with van der Waals surface area (Å²) in [6.07, 6.45) is 0.131. The molecule has 2 aliphatic heterocycles. The molecule has 2 saturated heterocycles. The fourth-order valence-corrected chi connectivity index (χ4v) is 5.09. The summed E-state index contributed by atoms with van der Waals surface area (Å²) in [4.78, 5) is 29.1. The third-order valence-corrected chi connectivity index (χ3v) is 7.10. The number of piperazine rings is 1. The molecular weight excluding hydrogens is 426 g/mol. The lowest BCUT2D eigenvalue weighted by molar-refractivity contribution is -0.136. The van der Waals surface area contributed by atoms with Gasteiger partial charge in [0.2, 0.25) is 11.8 Å². The van der Waals surface area contributed by atoms with Crippen LogP contribution in [-0.4, -0.2) is 91.2 Å². The van der Waals surface area contributed by atoms with Gasteiger partial charge in [0.1, 0.15) is 24.1 Å². The molecule has 1 aromatic rings. The number of aliphatic hydroxyl groups excluding tert-OH is 2. The molecule has 0 bridgehead atoms. The van der Waals surface area contributed by atoms with Crippen LogP contribution in [0.5, 0.6) is 5.75 Å². The van der Waals surface area contributed by atoms with Gasteiger partial charge in [-0.25, -0.2) is 0 Å². The van der Waals surface area contributed by atoms with Crippen LogP contribution in [0.4, 0.5) is 5.69 Å². The second kappa shape index (κ2) is 10.7. The highest BCUT2D eigenvalue weighted by Crippen LogP contribution is 2.29. The molecule has 3 fully saturated rings. The first kappa shape index (κ1) is 23.8. The third-order valence-electron chi connectivity index (χ3n) is 7.10. The lowest BCUT2D eigenvalue weighted by Gasteiger charge is -2.37. The van der Waals surface area contributed by atoms with E-state index < -0.39 is 24.4 Å². The Hall–Kier alpha value is -2.36. The lowest BCUT2D eigenvalue weighted by atomic mass is 10.0. The summed E-state index contributed by atoms with van der Waals surface area (Å²) in [7, 11) is 1.65. The van der Waals surface area contributed by atoms with Crippen molar-refractivity contribution in [3.8, 4) is 5.75 Å². The summed E-state index contributed by atoms with van der Waals surface area (Å²) in [5.74, 6) is 0.701. The van der Waals surface area contributed by atoms with Gasteiger partial charge in [-0.3, -0.25) is 9.59 Å². The highest BCUT2D eigenvalue weighted by atomic mass is 16.5. The number of aliphatic hydroxyl groups is 2. The minimum atomic E-state index is -1.16. The topological polar surface area (TPSA) is 112 Å². The van der Waals surface area contributed by atoms with Crippen molar-refractivity contribution in [1.29, 1.82) is 0 Å². The number of anilines is 1. The zero-order chi connectivity index (χ0) is 23.4. The van der Waals surface area contributed by atoms with Crippen molar-refractivity contribution >= 4 is 17.5 Å². The molecule has 9 heteroatoms. The van der Waals surface area contributed by atoms with E-state index in [1.54, 1.807) is 12.0 Å². The first-order valence-electron chi connectivity index (χ1n) is 11.9. The Morgan fingerprint density at radius 1 is 1.06 bits per heavy atom. The van der Waals surface area contributed by atoms with Gasteiger partial charge in [-0.2, -0.15) is 0 Å². The molecule has 0 radical (unpaired) electrons. The summed E-state index contributed by atoms with van der Waals surface area (Å²) in [6, 6.07) is 7.82. The number of amides is 2. The van der Waals surface area contributed by atoms with Crippen LogP contribution in [-0.2, 0) is 14.3 Å². The minimum Gasteiger partial charge on any atom is -0.495 e. The molecule has 3 aliphatic rings. The molecule has 182 valence electrons. The maximum Gasteiger partial charge on any atom is 0.225 e. The van der Waals surface area contributed by atoms with Crippen molar-refractivity contribution in [3.05, 3.63) is 24.3 Å². The van der Waals surface area contributed by atoms with Crippen LogP contribution < -0.4 is 15.0 Å². The molecule has 0 spiro atoms. The Labute approximate surface area is 194 Å².